The molecule has 1 atom stereocenters. The number of nitrogens with one attached hydrogen (secondary N) is 2. The Bertz CT molecular complexity index is 338. The monoisotopic (exact) mass is 235 g/mol. The molecule has 4 heteroatoms. The summed E-state index contributed by atoms with van der Waals surface area (Å²) in [6.07, 6.45) is 2.62. The number of pyridine rings is 1. The van der Waals surface area contributed by atoms with Crippen molar-refractivity contribution in [3.8, 4) is 0 Å². The van der Waals surface area contributed by atoms with Crippen molar-refractivity contribution < 1.29 is 4.79 Å². The Morgan fingerprint density at radius 1 is 1.35 bits per heavy atom. The van der Waals surface area contributed by atoms with Gasteiger partial charge in [0, 0.05) is 30.9 Å². The zero-order valence-corrected chi connectivity index (χ0v) is 10.7. The molecule has 0 aliphatic heterocycles. The number of aromatic nitrogens is 1. The molecule has 0 saturated carbocycles. The van der Waals surface area contributed by atoms with Gasteiger partial charge in [-0.15, -0.1) is 0 Å². The van der Waals surface area contributed by atoms with Crippen LogP contribution >= 0.6 is 0 Å². The molecule has 1 aromatic rings. The number of carbonyl (C=O) groups excluding carboxylic acids is 1. The Morgan fingerprint density at radius 3 is 2.71 bits per heavy atom. The van der Waals surface area contributed by atoms with Gasteiger partial charge < -0.3 is 10.6 Å². The van der Waals surface area contributed by atoms with Crippen molar-refractivity contribution in [2.45, 2.75) is 39.3 Å². The molecule has 17 heavy (non-hydrogen) atoms. The predicted octanol–water partition coefficient (Wildman–Crippen LogP) is 1.13. The number of hydrogen-bond donors (Lipinski definition) is 2. The maximum absolute atomic E-state index is 11.6. The molecule has 94 valence electrons. The highest BCUT2D eigenvalue weighted by Crippen LogP contribution is 1.94. The summed E-state index contributed by atoms with van der Waals surface area (Å²) in [4.78, 5) is 15.8. The van der Waals surface area contributed by atoms with Crippen LogP contribution < -0.4 is 10.6 Å². The van der Waals surface area contributed by atoms with Crippen molar-refractivity contribution in [3.05, 3.63) is 30.1 Å². The molecule has 1 heterocycles. The summed E-state index contributed by atoms with van der Waals surface area (Å²) in [5.41, 5.74) is 1.04. The SMILES string of the molecule is CC(C)NC(=O)C(C)NCCc1ccccn1. The highest BCUT2D eigenvalue weighted by Gasteiger charge is 2.12. The average molecular weight is 235 g/mol. The fourth-order valence-corrected chi connectivity index (χ4v) is 1.46. The van der Waals surface area contributed by atoms with Crippen LogP contribution in [0.25, 0.3) is 0 Å². The molecular weight excluding hydrogens is 214 g/mol. The first kappa shape index (κ1) is 13.6. The molecule has 0 aromatic carbocycles. The van der Waals surface area contributed by atoms with Crippen molar-refractivity contribution in [2.24, 2.45) is 0 Å². The zero-order chi connectivity index (χ0) is 12.7. The van der Waals surface area contributed by atoms with Gasteiger partial charge in [-0.3, -0.25) is 9.78 Å². The van der Waals surface area contributed by atoms with E-state index >= 15 is 0 Å². The van der Waals surface area contributed by atoms with Gasteiger partial charge in [-0.05, 0) is 32.9 Å². The standard InChI is InChI=1S/C13H21N3O/c1-10(2)16-13(17)11(3)14-9-7-12-6-4-5-8-15-12/h4-6,8,10-11,14H,7,9H2,1-3H3,(H,16,17). The molecule has 0 saturated heterocycles. The lowest BCUT2D eigenvalue weighted by Gasteiger charge is -2.15. The third kappa shape index (κ3) is 5.45. The highest BCUT2D eigenvalue weighted by molar-refractivity contribution is 5.81. The van der Waals surface area contributed by atoms with E-state index in [1.807, 2.05) is 39.0 Å². The largest absolute Gasteiger partial charge is 0.353 e. The van der Waals surface area contributed by atoms with E-state index in [0.717, 1.165) is 18.7 Å². The van der Waals surface area contributed by atoms with Crippen LogP contribution in [0.5, 0.6) is 0 Å². The fourth-order valence-electron chi connectivity index (χ4n) is 1.46. The smallest absolute Gasteiger partial charge is 0.237 e. The third-order valence-electron chi connectivity index (χ3n) is 2.38. The second-order valence-corrected chi connectivity index (χ2v) is 4.41. The van der Waals surface area contributed by atoms with Crippen molar-refractivity contribution in [2.75, 3.05) is 6.54 Å². The third-order valence-corrected chi connectivity index (χ3v) is 2.38. The summed E-state index contributed by atoms with van der Waals surface area (Å²) in [7, 11) is 0. The van der Waals surface area contributed by atoms with Crippen LogP contribution in [0.15, 0.2) is 24.4 Å². The summed E-state index contributed by atoms with van der Waals surface area (Å²) in [6, 6.07) is 5.87. The van der Waals surface area contributed by atoms with E-state index in [1.54, 1.807) is 6.20 Å². The molecule has 1 rings (SSSR count). The van der Waals surface area contributed by atoms with Gasteiger partial charge >= 0.3 is 0 Å². The van der Waals surface area contributed by atoms with Crippen LogP contribution in [0, 0.1) is 0 Å². The van der Waals surface area contributed by atoms with Crippen molar-refractivity contribution >= 4 is 5.91 Å². The first-order valence-corrected chi connectivity index (χ1v) is 6.03. The van der Waals surface area contributed by atoms with Crippen molar-refractivity contribution in [1.29, 1.82) is 0 Å². The predicted molar refractivity (Wildman–Crippen MR) is 68.7 cm³/mol. The molecule has 1 aromatic heterocycles. The quantitative estimate of drug-likeness (QED) is 0.777. The molecule has 1 amide bonds. The van der Waals surface area contributed by atoms with Crippen molar-refractivity contribution in [1.82, 2.24) is 15.6 Å². The Hall–Kier alpha value is -1.42. The van der Waals surface area contributed by atoms with E-state index in [2.05, 4.69) is 15.6 Å². The molecule has 1 unspecified atom stereocenters. The Balaban J connectivity index is 2.24. The normalized spacial score (nSPS) is 12.5. The van der Waals surface area contributed by atoms with Gasteiger partial charge in [0.25, 0.3) is 0 Å². The summed E-state index contributed by atoms with van der Waals surface area (Å²) >= 11 is 0. The first-order valence-electron chi connectivity index (χ1n) is 6.03. The second kappa shape index (κ2) is 7.01. The van der Waals surface area contributed by atoms with Crippen LogP contribution in [0.3, 0.4) is 0 Å². The first-order chi connectivity index (χ1) is 8.09. The summed E-state index contributed by atoms with van der Waals surface area (Å²) in [6.45, 7) is 6.54. The lowest BCUT2D eigenvalue weighted by atomic mass is 10.2. The highest BCUT2D eigenvalue weighted by atomic mass is 16.2. The van der Waals surface area contributed by atoms with Gasteiger partial charge in [0.05, 0.1) is 6.04 Å². The molecule has 2 N–H and O–H groups in total. The maximum atomic E-state index is 11.6. The van der Waals surface area contributed by atoms with E-state index in [9.17, 15) is 4.79 Å². The number of carbonyl (C=O) groups is 1. The molecule has 0 aliphatic rings. The van der Waals surface area contributed by atoms with Crippen LogP contribution in [0.1, 0.15) is 26.5 Å². The van der Waals surface area contributed by atoms with Crippen LogP contribution in [-0.4, -0.2) is 29.5 Å². The van der Waals surface area contributed by atoms with Crippen molar-refractivity contribution in [3.63, 3.8) is 0 Å². The minimum Gasteiger partial charge on any atom is -0.353 e. The van der Waals surface area contributed by atoms with Gasteiger partial charge in [-0.1, -0.05) is 6.07 Å². The molecule has 0 spiro atoms. The zero-order valence-electron chi connectivity index (χ0n) is 10.7. The molecule has 0 fully saturated rings. The van der Waals surface area contributed by atoms with Gasteiger partial charge in [0.15, 0.2) is 0 Å². The lowest BCUT2D eigenvalue weighted by molar-refractivity contribution is -0.123. The van der Waals surface area contributed by atoms with Crippen LogP contribution in [0.2, 0.25) is 0 Å². The van der Waals surface area contributed by atoms with E-state index < -0.39 is 0 Å². The van der Waals surface area contributed by atoms with Crippen LogP contribution in [0.4, 0.5) is 0 Å². The maximum Gasteiger partial charge on any atom is 0.237 e. The minimum atomic E-state index is -0.166. The van der Waals surface area contributed by atoms with E-state index in [1.165, 1.54) is 0 Å². The molecule has 4 nitrogen and oxygen atoms in total. The Labute approximate surface area is 103 Å². The fraction of sp³-hybridized carbons (Fsp3) is 0.538. The summed E-state index contributed by atoms with van der Waals surface area (Å²) in [5, 5.41) is 6.06. The Morgan fingerprint density at radius 2 is 2.12 bits per heavy atom. The second-order valence-electron chi connectivity index (χ2n) is 4.41. The van der Waals surface area contributed by atoms with Gasteiger partial charge in [0.1, 0.15) is 0 Å². The minimum absolute atomic E-state index is 0.0426. The molecule has 0 radical (unpaired) electrons. The van der Waals surface area contributed by atoms with E-state index in [0.29, 0.717) is 0 Å². The Kier molecular flexibility index (Phi) is 5.63. The van der Waals surface area contributed by atoms with Crippen LogP contribution in [-0.2, 0) is 11.2 Å². The molecular formula is C13H21N3O. The topological polar surface area (TPSA) is 54.0 Å². The summed E-state index contributed by atoms with van der Waals surface area (Å²) in [5.74, 6) is 0.0426. The van der Waals surface area contributed by atoms with E-state index in [4.69, 9.17) is 0 Å². The lowest BCUT2D eigenvalue weighted by Crippen LogP contribution is -2.45. The number of nitrogens with zero attached hydrogens (tertiary/aromatic N) is 1. The van der Waals surface area contributed by atoms with Gasteiger partial charge in [-0.25, -0.2) is 0 Å². The summed E-state index contributed by atoms with van der Waals surface area (Å²) < 4.78 is 0. The number of rotatable bonds is 6. The van der Waals surface area contributed by atoms with E-state index in [-0.39, 0.29) is 18.0 Å². The molecule has 0 aliphatic carbocycles. The number of hydrogen-bond acceptors (Lipinski definition) is 3. The average Bonchev–Trinajstić information content (AvgIpc) is 2.29. The molecule has 0 bridgehead atoms. The van der Waals surface area contributed by atoms with Gasteiger partial charge in [0.2, 0.25) is 5.91 Å². The number of amides is 1. The van der Waals surface area contributed by atoms with Gasteiger partial charge in [-0.2, -0.15) is 0 Å².